The van der Waals surface area contributed by atoms with Crippen LogP contribution >= 0.6 is 0 Å². The second-order valence-corrected chi connectivity index (χ2v) is 10.8. The van der Waals surface area contributed by atoms with Crippen LogP contribution in [0.25, 0.3) is 22.4 Å². The van der Waals surface area contributed by atoms with Crippen LogP contribution in [0.5, 0.6) is 5.75 Å². The van der Waals surface area contributed by atoms with Gasteiger partial charge in [0.2, 0.25) is 11.8 Å². The van der Waals surface area contributed by atoms with Crippen molar-refractivity contribution in [3.63, 3.8) is 0 Å². The molecule has 39 heavy (non-hydrogen) atoms. The fourth-order valence-electron chi connectivity index (χ4n) is 6.01. The van der Waals surface area contributed by atoms with Gasteiger partial charge in [-0.2, -0.15) is 13.2 Å². The average Bonchev–Trinajstić information content (AvgIpc) is 3.51. The largest absolute Gasteiger partial charge is 0.494 e. The zero-order valence-corrected chi connectivity index (χ0v) is 21.8. The average molecular weight is 547 g/mol. The van der Waals surface area contributed by atoms with E-state index in [0.717, 1.165) is 6.07 Å². The Morgan fingerprint density at radius 2 is 1.90 bits per heavy atom. The molecule has 12 heteroatoms. The van der Waals surface area contributed by atoms with Crippen LogP contribution in [0.2, 0.25) is 0 Å². The maximum atomic E-state index is 13.8. The second kappa shape index (κ2) is 9.30. The minimum absolute atomic E-state index is 0.0222. The molecular weight excluding hydrogens is 517 g/mol. The first-order chi connectivity index (χ1) is 18.2. The summed E-state index contributed by atoms with van der Waals surface area (Å²) in [5.74, 6) is -2.53. The molecule has 4 N–H and O–H groups in total. The van der Waals surface area contributed by atoms with Crippen molar-refractivity contribution in [2.45, 2.75) is 57.5 Å². The highest BCUT2D eigenvalue weighted by atomic mass is 19.4. The summed E-state index contributed by atoms with van der Waals surface area (Å²) in [5.41, 5.74) is 10.6. The minimum atomic E-state index is -4.66. The lowest BCUT2D eigenvalue weighted by Crippen LogP contribution is -2.36. The van der Waals surface area contributed by atoms with Gasteiger partial charge in [-0.25, -0.2) is 9.97 Å². The molecule has 0 radical (unpaired) electrons. The van der Waals surface area contributed by atoms with Crippen molar-refractivity contribution in [3.8, 4) is 17.2 Å². The fraction of sp³-hybridized carbons (Fsp3) is 0.481. The van der Waals surface area contributed by atoms with Crippen LogP contribution in [-0.4, -0.2) is 40.5 Å². The van der Waals surface area contributed by atoms with E-state index in [2.05, 4.69) is 9.97 Å². The minimum Gasteiger partial charge on any atom is -0.494 e. The zero-order chi connectivity index (χ0) is 28.4. The molecule has 5 atom stereocenters. The van der Waals surface area contributed by atoms with E-state index in [1.165, 1.54) is 19.2 Å². The number of ether oxygens (including phenoxy) is 2. The first-order valence-electron chi connectivity index (χ1n) is 12.5. The molecule has 208 valence electrons. The lowest BCUT2D eigenvalue weighted by Gasteiger charge is -2.23. The number of primary amides is 1. The number of nitrogens with zero attached hydrogens (tertiary/aromatic N) is 2. The number of hydrogen-bond acceptors (Lipinski definition) is 8. The number of oxazole rings is 1. The molecule has 1 aliphatic heterocycles. The molecule has 1 saturated carbocycles. The molecule has 1 saturated heterocycles. The highest BCUT2D eigenvalue weighted by molar-refractivity contribution is 6.02. The number of carbonyl (C=O) groups excluding carboxylic acids is 2. The number of pyridine rings is 1. The number of alkyl halides is 3. The molecule has 2 aromatic heterocycles. The molecular formula is C27H29F3N4O5. The Morgan fingerprint density at radius 3 is 2.51 bits per heavy atom. The number of halogens is 3. The predicted molar refractivity (Wildman–Crippen MR) is 134 cm³/mol. The van der Waals surface area contributed by atoms with Crippen molar-refractivity contribution in [2.75, 3.05) is 7.11 Å². The first kappa shape index (κ1) is 27.1. The Hall–Kier alpha value is -3.51. The molecule has 0 bridgehead atoms. The van der Waals surface area contributed by atoms with E-state index in [0.29, 0.717) is 18.4 Å². The second-order valence-electron chi connectivity index (χ2n) is 10.8. The Bertz CT molecular complexity index is 1470. The van der Waals surface area contributed by atoms with Crippen molar-refractivity contribution in [1.29, 1.82) is 0 Å². The number of fused-ring (bicyclic) bond motifs is 2. The molecule has 2 fully saturated rings. The summed E-state index contributed by atoms with van der Waals surface area (Å²) in [6, 6.07) is 4.36. The topological polar surface area (TPSA) is 144 Å². The summed E-state index contributed by atoms with van der Waals surface area (Å²) in [7, 11) is 1.32. The van der Waals surface area contributed by atoms with Gasteiger partial charge >= 0.3 is 6.18 Å². The molecule has 0 spiro atoms. The van der Waals surface area contributed by atoms with E-state index in [9.17, 15) is 22.8 Å². The van der Waals surface area contributed by atoms with Crippen LogP contribution < -0.4 is 16.2 Å². The molecule has 2 aliphatic rings. The molecule has 1 unspecified atom stereocenters. The maximum Gasteiger partial charge on any atom is 0.433 e. The van der Waals surface area contributed by atoms with Gasteiger partial charge in [0, 0.05) is 22.8 Å². The lowest BCUT2D eigenvalue weighted by molar-refractivity contribution is -0.141. The number of nitrogens with two attached hydrogens (primary N) is 2. The Labute approximate surface area is 222 Å². The SMILES string of the molecule is COc1ccc(-c2nc(C(=O)C3C[C@@H]4OC(C)(C)C[C@@H]4[C@H]3C(N)=O)c([C@H](C)N)o2)c2ccc(C(F)(F)F)nc12. The number of aromatic nitrogens is 2. The molecule has 1 amide bonds. The first-order valence-corrected chi connectivity index (χ1v) is 12.5. The van der Waals surface area contributed by atoms with Gasteiger partial charge in [-0.3, -0.25) is 9.59 Å². The van der Waals surface area contributed by atoms with Crippen LogP contribution in [-0.2, 0) is 15.7 Å². The fourth-order valence-corrected chi connectivity index (χ4v) is 6.01. The number of rotatable bonds is 6. The van der Waals surface area contributed by atoms with Gasteiger partial charge in [-0.1, -0.05) is 0 Å². The van der Waals surface area contributed by atoms with Gasteiger partial charge < -0.3 is 25.4 Å². The summed E-state index contributed by atoms with van der Waals surface area (Å²) in [5, 5.41) is 0.278. The van der Waals surface area contributed by atoms with Crippen molar-refractivity contribution >= 4 is 22.6 Å². The molecule has 5 rings (SSSR count). The number of methoxy groups -OCH3 is 1. The Morgan fingerprint density at radius 1 is 1.18 bits per heavy atom. The van der Waals surface area contributed by atoms with Crippen molar-refractivity contribution in [1.82, 2.24) is 9.97 Å². The number of hydrogen-bond donors (Lipinski definition) is 2. The van der Waals surface area contributed by atoms with Crippen LogP contribution in [0.1, 0.15) is 61.6 Å². The zero-order valence-electron chi connectivity index (χ0n) is 21.8. The highest BCUT2D eigenvalue weighted by Crippen LogP contribution is 2.51. The van der Waals surface area contributed by atoms with Crippen LogP contribution in [0.3, 0.4) is 0 Å². The van der Waals surface area contributed by atoms with Gasteiger partial charge in [0.25, 0.3) is 0 Å². The van der Waals surface area contributed by atoms with Crippen molar-refractivity contribution < 1.29 is 36.7 Å². The summed E-state index contributed by atoms with van der Waals surface area (Å²) in [6.45, 7) is 5.49. The predicted octanol–water partition coefficient (Wildman–Crippen LogP) is 4.42. The van der Waals surface area contributed by atoms with Gasteiger partial charge in [-0.05, 0) is 57.9 Å². The Kier molecular flexibility index (Phi) is 6.46. The quantitative estimate of drug-likeness (QED) is 0.433. The van der Waals surface area contributed by atoms with E-state index >= 15 is 0 Å². The van der Waals surface area contributed by atoms with E-state index in [1.54, 1.807) is 13.0 Å². The normalized spacial score (nSPS) is 25.0. The third-order valence-electron chi connectivity index (χ3n) is 7.58. The molecule has 1 aromatic carbocycles. The molecule has 3 heterocycles. The van der Waals surface area contributed by atoms with Gasteiger partial charge in [-0.15, -0.1) is 0 Å². The smallest absolute Gasteiger partial charge is 0.433 e. The molecule has 9 nitrogen and oxygen atoms in total. The number of amides is 1. The maximum absolute atomic E-state index is 13.8. The van der Waals surface area contributed by atoms with Crippen LogP contribution in [0, 0.1) is 17.8 Å². The van der Waals surface area contributed by atoms with Crippen LogP contribution in [0.15, 0.2) is 28.7 Å². The monoisotopic (exact) mass is 546 g/mol. The van der Waals surface area contributed by atoms with Crippen molar-refractivity contribution in [2.24, 2.45) is 29.2 Å². The van der Waals surface area contributed by atoms with E-state index < -0.39 is 47.0 Å². The summed E-state index contributed by atoms with van der Waals surface area (Å²) >= 11 is 0. The van der Waals surface area contributed by atoms with E-state index in [-0.39, 0.29) is 46.0 Å². The standard InChI is InChI=1S/C27H29F3N4O5/c1-11(31)23-21(22(35)14-9-17-15(19(14)24(32)36)10-26(2,3)39-17)34-25(38-23)13-5-7-16(37-4)20-12(13)6-8-18(33-20)27(28,29)30/h5-8,11,14-15,17,19H,9-10,31H2,1-4H3,(H2,32,36)/t11-,14?,15-,17-,19-/m0/s1. The number of carbonyl (C=O) groups is 2. The van der Waals surface area contributed by atoms with Crippen LogP contribution in [0.4, 0.5) is 13.2 Å². The number of ketones is 1. The van der Waals surface area contributed by atoms with E-state index in [1.807, 2.05) is 13.8 Å². The highest BCUT2D eigenvalue weighted by Gasteiger charge is 2.56. The summed E-state index contributed by atoms with van der Waals surface area (Å²) in [4.78, 5) is 34.6. The number of Topliss-reactive ketones (excluding diaryl/α,β-unsaturated/α-hetero) is 1. The lowest BCUT2D eigenvalue weighted by atomic mass is 9.81. The third-order valence-corrected chi connectivity index (χ3v) is 7.58. The van der Waals surface area contributed by atoms with Gasteiger partial charge in [0.05, 0.1) is 30.8 Å². The molecule has 1 aliphatic carbocycles. The van der Waals surface area contributed by atoms with Gasteiger partial charge in [0.15, 0.2) is 17.2 Å². The van der Waals surface area contributed by atoms with Gasteiger partial charge in [0.1, 0.15) is 17.0 Å². The third kappa shape index (κ3) is 4.65. The van der Waals surface area contributed by atoms with E-state index in [4.69, 9.17) is 25.4 Å². The molecule has 3 aromatic rings. The summed E-state index contributed by atoms with van der Waals surface area (Å²) < 4.78 is 57.3. The summed E-state index contributed by atoms with van der Waals surface area (Å²) in [6.07, 6.45) is -4.06. The number of benzene rings is 1. The van der Waals surface area contributed by atoms with Crippen molar-refractivity contribution in [3.05, 3.63) is 41.4 Å². The Balaban J connectivity index is 1.58.